The van der Waals surface area contributed by atoms with E-state index in [1.807, 2.05) is 24.3 Å². The van der Waals surface area contributed by atoms with E-state index in [4.69, 9.17) is 4.74 Å². The van der Waals surface area contributed by atoms with Crippen LogP contribution in [0.4, 0.5) is 0 Å². The summed E-state index contributed by atoms with van der Waals surface area (Å²) in [4.78, 5) is 0. The molecular weight excluding hydrogens is 646 g/mol. The maximum absolute atomic E-state index is 5.92. The molecule has 0 aliphatic heterocycles. The van der Waals surface area contributed by atoms with Crippen molar-refractivity contribution < 1.29 is 4.74 Å². The summed E-state index contributed by atoms with van der Waals surface area (Å²) in [5.41, 5.74) is 0. The zero-order valence-corrected chi connectivity index (χ0v) is 18.5. The van der Waals surface area contributed by atoms with Crippen LogP contribution in [0, 0.1) is 0 Å². The van der Waals surface area contributed by atoms with Crippen LogP contribution in [0.1, 0.15) is 0 Å². The van der Waals surface area contributed by atoms with E-state index < -0.39 is 0 Å². The van der Waals surface area contributed by atoms with Crippen LogP contribution < -0.4 is 4.74 Å². The van der Waals surface area contributed by atoms with E-state index in [1.54, 1.807) is 0 Å². The van der Waals surface area contributed by atoms with Gasteiger partial charge in [-0.15, -0.1) is 0 Å². The molecule has 0 aliphatic carbocycles. The first-order chi connectivity index (χ1) is 8.90. The van der Waals surface area contributed by atoms with Crippen molar-refractivity contribution in [3.05, 3.63) is 51.1 Å². The number of hydrogen-bond acceptors (Lipinski definition) is 1. The van der Waals surface area contributed by atoms with E-state index in [0.29, 0.717) is 0 Å². The second-order valence-electron chi connectivity index (χ2n) is 3.47. The van der Waals surface area contributed by atoms with Gasteiger partial charge in [0.15, 0.2) is 0 Å². The second-order valence-corrected chi connectivity index (χ2v) is 8.48. The van der Waals surface area contributed by atoms with Crippen molar-refractivity contribution in [3.8, 4) is 11.5 Å². The maximum Gasteiger partial charge on any atom is 0.142 e. The molecule has 0 heterocycles. The lowest BCUT2D eigenvalue weighted by atomic mass is 10.3. The first-order valence-corrected chi connectivity index (χ1v) is 9.62. The fourth-order valence-corrected chi connectivity index (χ4v) is 4.04. The Morgan fingerprint density at radius 2 is 1.21 bits per heavy atom. The van der Waals surface area contributed by atoms with Crippen LogP contribution in [0.5, 0.6) is 11.5 Å². The molecule has 19 heavy (non-hydrogen) atoms. The average Bonchev–Trinajstić information content (AvgIpc) is 2.36. The van der Waals surface area contributed by atoms with E-state index in [9.17, 15) is 0 Å². The van der Waals surface area contributed by atoms with Crippen molar-refractivity contribution in [2.45, 2.75) is 0 Å². The Morgan fingerprint density at radius 3 is 1.89 bits per heavy atom. The van der Waals surface area contributed by atoms with Gasteiger partial charge in [0, 0.05) is 17.9 Å². The Balaban J connectivity index is 2.42. The molecule has 0 saturated carbocycles. The average molecular weight is 650 g/mol. The first kappa shape index (κ1) is 16.5. The zero-order valence-electron chi connectivity index (χ0n) is 8.99. The lowest BCUT2D eigenvalue weighted by Gasteiger charge is -2.12. The van der Waals surface area contributed by atoms with Crippen LogP contribution >= 0.6 is 95.6 Å². The van der Waals surface area contributed by atoms with Crippen LogP contribution in [-0.4, -0.2) is 0 Å². The highest BCUT2D eigenvalue weighted by Crippen LogP contribution is 2.42. The van der Waals surface area contributed by atoms with Crippen LogP contribution in [0.15, 0.2) is 51.1 Å². The molecule has 7 heteroatoms. The lowest BCUT2D eigenvalue weighted by molar-refractivity contribution is 0.475. The molecule has 0 radical (unpaired) electrons. The van der Waals surface area contributed by atoms with Gasteiger partial charge in [0.05, 0.1) is 8.95 Å². The predicted molar refractivity (Wildman–Crippen MR) is 99.2 cm³/mol. The molecule has 100 valence electrons. The van der Waals surface area contributed by atoms with E-state index in [0.717, 1.165) is 38.3 Å². The van der Waals surface area contributed by atoms with Crippen LogP contribution in [0.25, 0.3) is 0 Å². The van der Waals surface area contributed by atoms with Gasteiger partial charge >= 0.3 is 0 Å². The summed E-state index contributed by atoms with van der Waals surface area (Å²) in [6, 6.07) is 7.64. The predicted octanol–water partition coefficient (Wildman–Crippen LogP) is 8.05. The van der Waals surface area contributed by atoms with E-state index >= 15 is 0 Å². The molecule has 0 fully saturated rings. The van der Waals surface area contributed by atoms with Crippen molar-refractivity contribution in [2.75, 3.05) is 0 Å². The molecule has 0 saturated heterocycles. The molecule has 0 aromatic heterocycles. The molecule has 0 spiro atoms. The Bertz CT molecular complexity index is 641. The summed E-state index contributed by atoms with van der Waals surface area (Å²) >= 11 is 20.8. The molecule has 0 unspecified atom stereocenters. The van der Waals surface area contributed by atoms with Gasteiger partial charge in [-0.05, 0) is 120 Å². The minimum Gasteiger partial charge on any atom is -0.455 e. The fraction of sp³-hybridized carbons (Fsp3) is 0. The third-order valence-corrected chi connectivity index (χ3v) is 7.99. The number of benzene rings is 2. The quantitative estimate of drug-likeness (QED) is 0.237. The molecule has 2 aromatic rings. The summed E-state index contributed by atoms with van der Waals surface area (Å²) in [5.74, 6) is 1.45. The van der Waals surface area contributed by atoms with E-state index in [1.165, 1.54) is 0 Å². The Labute approximate surface area is 161 Å². The molecule has 0 N–H and O–H groups in total. The first-order valence-electron chi connectivity index (χ1n) is 4.86. The number of rotatable bonds is 2. The molecule has 1 nitrogen and oxygen atoms in total. The smallest absolute Gasteiger partial charge is 0.142 e. The third kappa shape index (κ3) is 3.86. The Kier molecular flexibility index (Phi) is 6.01. The fourth-order valence-electron chi connectivity index (χ4n) is 1.29. The van der Waals surface area contributed by atoms with Crippen molar-refractivity contribution >= 4 is 95.6 Å². The normalized spacial score (nSPS) is 10.6. The zero-order chi connectivity index (χ0) is 14.2. The summed E-state index contributed by atoms with van der Waals surface area (Å²) in [5, 5.41) is 0. The van der Waals surface area contributed by atoms with Gasteiger partial charge in [-0.3, -0.25) is 0 Å². The molecule has 2 rings (SSSR count). The Morgan fingerprint density at radius 1 is 0.579 bits per heavy atom. The number of ether oxygens (including phenoxy) is 1. The summed E-state index contributed by atoms with van der Waals surface area (Å²) in [7, 11) is 0. The minimum atomic E-state index is 0.727. The largest absolute Gasteiger partial charge is 0.455 e. The summed E-state index contributed by atoms with van der Waals surface area (Å²) in [6.45, 7) is 0. The van der Waals surface area contributed by atoms with Crippen molar-refractivity contribution in [1.82, 2.24) is 0 Å². The third-order valence-electron chi connectivity index (χ3n) is 2.19. The minimum absolute atomic E-state index is 0.727. The topological polar surface area (TPSA) is 9.23 Å². The SMILES string of the molecule is Brc1ccc(O[13c]2[13cH][13c](Br)[13c](Br)[13cH][13c]2Br)c(Br)c1Br. The molecule has 0 atom stereocenters. The number of halogens is 6. The Hall–Kier alpha value is 1.12. The standard InChI is InChI=1S/C12H4Br6O/c13-5-1-2-9(12(18)11(5)17)19-10-4-7(15)6(14)3-8(10)16/h1-4H/i3+1,4+1,6+1,7+1,8+1,10+1. The van der Waals surface area contributed by atoms with Gasteiger partial charge in [-0.1, -0.05) is 0 Å². The van der Waals surface area contributed by atoms with Gasteiger partial charge in [0.1, 0.15) is 11.5 Å². The van der Waals surface area contributed by atoms with Crippen molar-refractivity contribution in [2.24, 2.45) is 0 Å². The van der Waals surface area contributed by atoms with E-state index in [-0.39, 0.29) is 0 Å². The molecular formula is C12H4Br6O. The molecule has 2 aromatic carbocycles. The highest BCUT2D eigenvalue weighted by molar-refractivity contribution is 9.14. The van der Waals surface area contributed by atoms with Crippen LogP contribution in [-0.2, 0) is 0 Å². The van der Waals surface area contributed by atoms with Gasteiger partial charge in [-0.25, -0.2) is 0 Å². The lowest BCUT2D eigenvalue weighted by Crippen LogP contribution is -1.88. The second kappa shape index (κ2) is 6.92. The molecule has 0 aliphatic rings. The highest BCUT2D eigenvalue weighted by atomic mass is 79.9. The highest BCUT2D eigenvalue weighted by Gasteiger charge is 2.12. The summed E-state index contributed by atoms with van der Waals surface area (Å²) < 4.78 is 11.4. The van der Waals surface area contributed by atoms with Gasteiger partial charge in [0.2, 0.25) is 0 Å². The van der Waals surface area contributed by atoms with Crippen LogP contribution in [0.3, 0.4) is 0 Å². The monoisotopic (exact) mass is 644 g/mol. The van der Waals surface area contributed by atoms with Gasteiger partial charge in [0.25, 0.3) is 0 Å². The van der Waals surface area contributed by atoms with Crippen molar-refractivity contribution in [1.29, 1.82) is 0 Å². The van der Waals surface area contributed by atoms with Crippen molar-refractivity contribution in [3.63, 3.8) is 0 Å². The molecule has 0 bridgehead atoms. The van der Waals surface area contributed by atoms with Crippen LogP contribution in [0.2, 0.25) is 0 Å². The maximum atomic E-state index is 5.92. The molecule has 0 amide bonds. The van der Waals surface area contributed by atoms with Gasteiger partial charge in [-0.2, -0.15) is 0 Å². The van der Waals surface area contributed by atoms with Gasteiger partial charge < -0.3 is 4.74 Å². The van der Waals surface area contributed by atoms with E-state index in [2.05, 4.69) is 95.6 Å². The number of hydrogen-bond donors (Lipinski definition) is 0. The summed E-state index contributed by atoms with van der Waals surface area (Å²) in [6.07, 6.45) is 0.